The largest absolute Gasteiger partial charge is 0.490 e. The molecule has 3 aromatic carbocycles. The molecule has 5 rings (SSSR count). The zero-order valence-electron chi connectivity index (χ0n) is 21.4. The van der Waals surface area contributed by atoms with E-state index in [1.807, 2.05) is 43.3 Å². The topological polar surface area (TPSA) is 76.2 Å². The van der Waals surface area contributed by atoms with Gasteiger partial charge in [-0.25, -0.2) is 0 Å². The van der Waals surface area contributed by atoms with Crippen molar-refractivity contribution in [3.05, 3.63) is 76.7 Å². The lowest BCUT2D eigenvalue weighted by Crippen LogP contribution is -2.44. The highest BCUT2D eigenvalue weighted by molar-refractivity contribution is 8.18. The van der Waals surface area contributed by atoms with Gasteiger partial charge in [0.2, 0.25) is 5.91 Å². The molecule has 196 valence electrons. The molecule has 0 atom stereocenters. The Morgan fingerprint density at radius 3 is 2.55 bits per heavy atom. The van der Waals surface area contributed by atoms with Crippen LogP contribution in [0.3, 0.4) is 0 Å². The fourth-order valence-corrected chi connectivity index (χ4v) is 5.58. The minimum absolute atomic E-state index is 0.181. The lowest BCUT2D eigenvalue weighted by Gasteiger charge is -2.27. The zero-order chi connectivity index (χ0) is 26.5. The number of nitrogens with zero attached hydrogens (tertiary/aromatic N) is 2. The molecule has 0 radical (unpaired) electrons. The van der Waals surface area contributed by atoms with Gasteiger partial charge >= 0.3 is 0 Å². The minimum atomic E-state index is -0.445. The molecule has 0 aromatic heterocycles. The Morgan fingerprint density at radius 1 is 0.947 bits per heavy atom. The first-order valence-corrected chi connectivity index (χ1v) is 13.7. The van der Waals surface area contributed by atoms with Crippen LogP contribution in [0.25, 0.3) is 16.8 Å². The molecule has 3 amide bonds. The smallest absolute Gasteiger partial charge is 0.294 e. The molecule has 7 nitrogen and oxygen atoms in total. The van der Waals surface area contributed by atoms with Gasteiger partial charge in [0, 0.05) is 13.1 Å². The summed E-state index contributed by atoms with van der Waals surface area (Å²) in [5.74, 6) is 0.525. The normalized spacial score (nSPS) is 16.9. The van der Waals surface area contributed by atoms with Gasteiger partial charge in [0.25, 0.3) is 11.1 Å². The van der Waals surface area contributed by atoms with Crippen molar-refractivity contribution < 1.29 is 23.9 Å². The summed E-state index contributed by atoms with van der Waals surface area (Å²) in [5, 5.41) is 1.87. The molecule has 2 heterocycles. The van der Waals surface area contributed by atoms with Crippen molar-refractivity contribution in [1.29, 1.82) is 0 Å². The molecule has 3 aromatic rings. The van der Waals surface area contributed by atoms with Gasteiger partial charge in [-0.3, -0.25) is 19.3 Å². The SMILES string of the molecule is CCOc1cc(/C=C2\SC(=O)N(CC(=O)N3CCCCC3)C2=O)ccc1OCc1cccc2ccccc12. The fourth-order valence-electron chi connectivity index (χ4n) is 4.74. The van der Waals surface area contributed by atoms with Crippen molar-refractivity contribution in [3.8, 4) is 11.5 Å². The van der Waals surface area contributed by atoms with Crippen LogP contribution in [0.4, 0.5) is 4.79 Å². The van der Waals surface area contributed by atoms with Gasteiger partial charge in [-0.05, 0) is 78.1 Å². The number of thioether (sulfide) groups is 1. The summed E-state index contributed by atoms with van der Waals surface area (Å²) < 4.78 is 12.0. The third-order valence-electron chi connectivity index (χ3n) is 6.70. The molecule has 0 aliphatic carbocycles. The molecule has 38 heavy (non-hydrogen) atoms. The minimum Gasteiger partial charge on any atom is -0.490 e. The second kappa shape index (κ2) is 11.7. The second-order valence-corrected chi connectivity index (χ2v) is 10.3. The number of carbonyl (C=O) groups excluding carboxylic acids is 3. The van der Waals surface area contributed by atoms with E-state index in [2.05, 4.69) is 18.2 Å². The van der Waals surface area contributed by atoms with Gasteiger partial charge in [-0.15, -0.1) is 0 Å². The number of amides is 3. The van der Waals surface area contributed by atoms with Crippen molar-refractivity contribution in [1.82, 2.24) is 9.80 Å². The molecule has 0 bridgehead atoms. The number of carbonyl (C=O) groups is 3. The number of ether oxygens (including phenoxy) is 2. The Kier molecular flexibility index (Phi) is 7.98. The van der Waals surface area contributed by atoms with Crippen molar-refractivity contribution in [2.45, 2.75) is 32.8 Å². The summed E-state index contributed by atoms with van der Waals surface area (Å²) in [7, 11) is 0. The van der Waals surface area contributed by atoms with Gasteiger partial charge in [-0.2, -0.15) is 0 Å². The van der Waals surface area contributed by atoms with E-state index in [0.717, 1.165) is 52.3 Å². The zero-order valence-corrected chi connectivity index (χ0v) is 22.2. The molecule has 0 unspecified atom stereocenters. The molecular weight excluding hydrogens is 500 g/mol. The highest BCUT2D eigenvalue weighted by atomic mass is 32.2. The Hall–Kier alpha value is -3.78. The molecular formula is C30H30N2O5S. The van der Waals surface area contributed by atoms with Gasteiger partial charge in [0.15, 0.2) is 11.5 Å². The van der Waals surface area contributed by atoms with E-state index in [9.17, 15) is 14.4 Å². The van der Waals surface area contributed by atoms with Crippen LogP contribution < -0.4 is 9.47 Å². The van der Waals surface area contributed by atoms with Crippen LogP contribution in [0.1, 0.15) is 37.3 Å². The van der Waals surface area contributed by atoms with E-state index in [1.54, 1.807) is 17.0 Å². The van der Waals surface area contributed by atoms with E-state index in [0.29, 0.717) is 43.4 Å². The van der Waals surface area contributed by atoms with Crippen molar-refractivity contribution in [2.75, 3.05) is 26.2 Å². The maximum absolute atomic E-state index is 13.0. The Balaban J connectivity index is 1.30. The maximum atomic E-state index is 13.0. The number of fused-ring (bicyclic) bond motifs is 1. The van der Waals surface area contributed by atoms with E-state index < -0.39 is 11.1 Å². The number of piperidine rings is 1. The van der Waals surface area contributed by atoms with Crippen molar-refractivity contribution >= 4 is 45.7 Å². The van der Waals surface area contributed by atoms with Crippen LogP contribution >= 0.6 is 11.8 Å². The summed E-state index contributed by atoms with van der Waals surface area (Å²) in [6.07, 6.45) is 4.67. The average Bonchev–Trinajstić information content (AvgIpc) is 3.20. The quantitative estimate of drug-likeness (QED) is 0.339. The molecule has 0 N–H and O–H groups in total. The van der Waals surface area contributed by atoms with Crippen LogP contribution in [-0.4, -0.2) is 53.1 Å². The van der Waals surface area contributed by atoms with E-state index in [4.69, 9.17) is 9.47 Å². The Bertz CT molecular complexity index is 1390. The summed E-state index contributed by atoms with van der Waals surface area (Å²) in [6, 6.07) is 19.7. The maximum Gasteiger partial charge on any atom is 0.294 e. The Morgan fingerprint density at radius 2 is 1.74 bits per heavy atom. The Labute approximate surface area is 226 Å². The summed E-state index contributed by atoms with van der Waals surface area (Å²) >= 11 is 0.853. The van der Waals surface area contributed by atoms with Crippen molar-refractivity contribution in [2.24, 2.45) is 0 Å². The van der Waals surface area contributed by atoms with Crippen LogP contribution in [0.2, 0.25) is 0 Å². The lowest BCUT2D eigenvalue weighted by molar-refractivity contribution is -0.136. The van der Waals surface area contributed by atoms with Crippen LogP contribution in [0.5, 0.6) is 11.5 Å². The van der Waals surface area contributed by atoms with Crippen LogP contribution in [-0.2, 0) is 16.2 Å². The number of likely N-dealkylation sites (tertiary alicyclic amines) is 1. The number of imide groups is 1. The highest BCUT2D eigenvalue weighted by Crippen LogP contribution is 2.35. The predicted molar refractivity (Wildman–Crippen MR) is 149 cm³/mol. The van der Waals surface area contributed by atoms with E-state index in [-0.39, 0.29) is 17.4 Å². The second-order valence-electron chi connectivity index (χ2n) is 9.28. The molecule has 2 aliphatic rings. The standard InChI is InChI=1S/C30H30N2O5S/c1-2-36-26-17-21(13-14-25(26)37-20-23-11-8-10-22-9-4-5-12-24(22)23)18-27-29(34)32(30(35)38-27)19-28(33)31-15-6-3-7-16-31/h4-5,8-14,17-18H,2-3,6-7,15-16,19-20H2,1H3/b27-18-. The van der Waals surface area contributed by atoms with Crippen LogP contribution in [0, 0.1) is 0 Å². The van der Waals surface area contributed by atoms with Gasteiger partial charge in [0.1, 0.15) is 13.2 Å². The summed E-state index contributed by atoms with van der Waals surface area (Å²) in [6.45, 7) is 3.87. The third kappa shape index (κ3) is 5.70. The predicted octanol–water partition coefficient (Wildman–Crippen LogP) is 5.87. The number of benzene rings is 3. The highest BCUT2D eigenvalue weighted by Gasteiger charge is 2.37. The monoisotopic (exact) mass is 530 g/mol. The van der Waals surface area contributed by atoms with Gasteiger partial charge in [-0.1, -0.05) is 48.5 Å². The molecule has 2 aliphatic heterocycles. The van der Waals surface area contributed by atoms with Gasteiger partial charge in [0.05, 0.1) is 11.5 Å². The number of rotatable bonds is 8. The number of hydrogen-bond donors (Lipinski definition) is 0. The fraction of sp³-hybridized carbons (Fsp3) is 0.300. The van der Waals surface area contributed by atoms with Crippen molar-refractivity contribution in [3.63, 3.8) is 0 Å². The van der Waals surface area contributed by atoms with Crippen LogP contribution in [0.15, 0.2) is 65.6 Å². The average molecular weight is 531 g/mol. The van der Waals surface area contributed by atoms with E-state index >= 15 is 0 Å². The first kappa shape index (κ1) is 25.9. The molecule has 0 spiro atoms. The lowest BCUT2D eigenvalue weighted by atomic mass is 10.1. The molecule has 2 saturated heterocycles. The third-order valence-corrected chi connectivity index (χ3v) is 7.61. The van der Waals surface area contributed by atoms with Gasteiger partial charge < -0.3 is 14.4 Å². The summed E-state index contributed by atoms with van der Waals surface area (Å²) in [5.41, 5.74) is 1.78. The first-order valence-electron chi connectivity index (χ1n) is 12.9. The first-order chi connectivity index (χ1) is 18.5. The summed E-state index contributed by atoms with van der Waals surface area (Å²) in [4.78, 5) is 41.2. The number of hydrogen-bond acceptors (Lipinski definition) is 6. The van der Waals surface area contributed by atoms with E-state index in [1.165, 1.54) is 0 Å². The molecule has 8 heteroatoms. The molecule has 2 fully saturated rings. The molecule has 0 saturated carbocycles.